The summed E-state index contributed by atoms with van der Waals surface area (Å²) in [6, 6.07) is 7.26. The van der Waals surface area contributed by atoms with E-state index in [9.17, 15) is 0 Å². The van der Waals surface area contributed by atoms with E-state index >= 15 is 0 Å². The zero-order valence-corrected chi connectivity index (χ0v) is 14.1. The van der Waals surface area contributed by atoms with Gasteiger partial charge in [-0.2, -0.15) is 5.10 Å². The van der Waals surface area contributed by atoms with Gasteiger partial charge in [0.2, 0.25) is 0 Å². The molecule has 0 aliphatic carbocycles. The average Bonchev–Trinajstić information content (AvgIpc) is 2.92. The molecule has 112 valence electrons. The van der Waals surface area contributed by atoms with Crippen molar-refractivity contribution in [2.45, 2.75) is 26.4 Å². The number of aryl methyl sites for hydroxylation is 1. The van der Waals surface area contributed by atoms with Crippen molar-refractivity contribution in [2.24, 2.45) is 0 Å². The van der Waals surface area contributed by atoms with Gasteiger partial charge in [0.1, 0.15) is 0 Å². The Labute approximate surface area is 139 Å². The molecule has 0 aliphatic heterocycles. The van der Waals surface area contributed by atoms with E-state index in [1.807, 2.05) is 36.9 Å². The normalized spacial score (nSPS) is 12.0. The van der Waals surface area contributed by atoms with Crippen molar-refractivity contribution in [1.29, 1.82) is 0 Å². The number of halogens is 2. The number of nitrogens with one attached hydrogen (secondary N) is 2. The Bertz CT molecular complexity index is 642. The molecule has 0 amide bonds. The molecule has 1 atom stereocenters. The number of rotatable bonds is 4. The molecule has 2 N–H and O–H groups in total. The monoisotopic (exact) mass is 342 g/mol. The van der Waals surface area contributed by atoms with Gasteiger partial charge in [-0.3, -0.25) is 4.68 Å². The van der Waals surface area contributed by atoms with Gasteiger partial charge in [-0.05, 0) is 50.3 Å². The van der Waals surface area contributed by atoms with Crippen LogP contribution in [-0.4, -0.2) is 14.9 Å². The molecule has 0 spiro atoms. The molecule has 0 saturated carbocycles. The summed E-state index contributed by atoms with van der Waals surface area (Å²) >= 11 is 17.1. The number of hydrogen-bond acceptors (Lipinski definition) is 2. The van der Waals surface area contributed by atoms with Crippen LogP contribution in [0.3, 0.4) is 0 Å². The summed E-state index contributed by atoms with van der Waals surface area (Å²) in [5.74, 6) is 0. The molecule has 2 rings (SSSR count). The van der Waals surface area contributed by atoms with Crippen LogP contribution in [0, 0.1) is 0 Å². The summed E-state index contributed by atoms with van der Waals surface area (Å²) in [5.41, 5.74) is 1.73. The van der Waals surface area contributed by atoms with Crippen LogP contribution in [0.25, 0.3) is 0 Å². The molecule has 7 heteroatoms. The smallest absolute Gasteiger partial charge is 0.171 e. The van der Waals surface area contributed by atoms with Crippen LogP contribution in [0.2, 0.25) is 10.0 Å². The van der Waals surface area contributed by atoms with Gasteiger partial charge in [0.25, 0.3) is 0 Å². The predicted molar refractivity (Wildman–Crippen MR) is 92.1 cm³/mol. The lowest BCUT2D eigenvalue weighted by atomic mass is 10.2. The largest absolute Gasteiger partial charge is 0.354 e. The molecule has 0 fully saturated rings. The van der Waals surface area contributed by atoms with Gasteiger partial charge in [0.05, 0.1) is 21.8 Å². The fourth-order valence-corrected chi connectivity index (χ4v) is 2.39. The first-order chi connectivity index (χ1) is 9.99. The molecular formula is C14H16Cl2N4S. The summed E-state index contributed by atoms with van der Waals surface area (Å²) in [6.45, 7) is 4.90. The standard InChI is InChI=1S/C14H16Cl2N4S/c1-3-20-7-6-13(19-20)9(2)17-14(21)18-10-4-5-11(15)12(16)8-10/h4-9H,3H2,1-2H3,(H2,17,18,21). The molecule has 1 aromatic heterocycles. The second-order valence-electron chi connectivity index (χ2n) is 4.55. The summed E-state index contributed by atoms with van der Waals surface area (Å²) in [4.78, 5) is 0. The minimum Gasteiger partial charge on any atom is -0.354 e. The van der Waals surface area contributed by atoms with E-state index in [0.717, 1.165) is 17.9 Å². The molecular weight excluding hydrogens is 327 g/mol. The quantitative estimate of drug-likeness (QED) is 0.814. The zero-order chi connectivity index (χ0) is 15.4. The lowest BCUT2D eigenvalue weighted by Gasteiger charge is -2.15. The van der Waals surface area contributed by atoms with Crippen LogP contribution in [0.1, 0.15) is 25.6 Å². The third-order valence-electron chi connectivity index (χ3n) is 2.95. The molecule has 0 aliphatic rings. The molecule has 1 aromatic carbocycles. The van der Waals surface area contributed by atoms with Crippen LogP contribution in [0.15, 0.2) is 30.5 Å². The van der Waals surface area contributed by atoms with E-state index < -0.39 is 0 Å². The van der Waals surface area contributed by atoms with E-state index in [-0.39, 0.29) is 6.04 Å². The van der Waals surface area contributed by atoms with Crippen molar-refractivity contribution >= 4 is 46.2 Å². The molecule has 4 nitrogen and oxygen atoms in total. The Balaban J connectivity index is 1.96. The number of benzene rings is 1. The highest BCUT2D eigenvalue weighted by atomic mass is 35.5. The molecule has 1 unspecified atom stereocenters. The summed E-state index contributed by atoms with van der Waals surface area (Å²) in [7, 11) is 0. The maximum absolute atomic E-state index is 5.97. The molecule has 2 aromatic rings. The van der Waals surface area contributed by atoms with Gasteiger partial charge >= 0.3 is 0 Å². The van der Waals surface area contributed by atoms with Crippen LogP contribution in [-0.2, 0) is 6.54 Å². The summed E-state index contributed by atoms with van der Waals surface area (Å²) < 4.78 is 1.88. The van der Waals surface area contributed by atoms with Gasteiger partial charge in [0, 0.05) is 18.4 Å². The molecule has 0 bridgehead atoms. The maximum Gasteiger partial charge on any atom is 0.171 e. The van der Waals surface area contributed by atoms with Crippen molar-refractivity contribution in [2.75, 3.05) is 5.32 Å². The lowest BCUT2D eigenvalue weighted by Crippen LogP contribution is -2.31. The highest BCUT2D eigenvalue weighted by Crippen LogP contribution is 2.25. The number of nitrogens with zero attached hydrogens (tertiary/aromatic N) is 2. The highest BCUT2D eigenvalue weighted by molar-refractivity contribution is 7.80. The maximum atomic E-state index is 5.97. The molecule has 0 saturated heterocycles. The van der Waals surface area contributed by atoms with Crippen LogP contribution in [0.5, 0.6) is 0 Å². The van der Waals surface area contributed by atoms with Gasteiger partial charge in [0.15, 0.2) is 5.11 Å². The van der Waals surface area contributed by atoms with E-state index in [0.29, 0.717) is 15.2 Å². The third kappa shape index (κ3) is 4.33. The SMILES string of the molecule is CCn1ccc(C(C)NC(=S)Nc2ccc(Cl)c(Cl)c2)n1. The van der Waals surface area contributed by atoms with Gasteiger partial charge < -0.3 is 10.6 Å². The highest BCUT2D eigenvalue weighted by Gasteiger charge is 2.10. The number of hydrogen-bond donors (Lipinski definition) is 2. The Morgan fingerprint density at radius 1 is 1.33 bits per heavy atom. The van der Waals surface area contributed by atoms with Crippen LogP contribution >= 0.6 is 35.4 Å². The summed E-state index contributed by atoms with van der Waals surface area (Å²) in [6.07, 6.45) is 1.95. The second kappa shape index (κ2) is 7.11. The van der Waals surface area contributed by atoms with Crippen molar-refractivity contribution in [3.8, 4) is 0 Å². The first-order valence-electron chi connectivity index (χ1n) is 6.55. The first-order valence-corrected chi connectivity index (χ1v) is 7.72. The van der Waals surface area contributed by atoms with E-state index in [4.69, 9.17) is 35.4 Å². The van der Waals surface area contributed by atoms with Gasteiger partial charge in [-0.15, -0.1) is 0 Å². The molecule has 1 heterocycles. The number of aromatic nitrogens is 2. The van der Waals surface area contributed by atoms with Crippen molar-refractivity contribution < 1.29 is 0 Å². The van der Waals surface area contributed by atoms with Gasteiger partial charge in [-0.1, -0.05) is 23.2 Å². The predicted octanol–water partition coefficient (Wildman–Crippen LogP) is 4.26. The lowest BCUT2D eigenvalue weighted by molar-refractivity contribution is 0.613. The van der Waals surface area contributed by atoms with Crippen molar-refractivity contribution in [3.05, 3.63) is 46.2 Å². The Hall–Kier alpha value is -1.30. The number of anilines is 1. The van der Waals surface area contributed by atoms with E-state index in [1.54, 1.807) is 12.1 Å². The zero-order valence-electron chi connectivity index (χ0n) is 11.7. The minimum absolute atomic E-state index is 0.0144. The van der Waals surface area contributed by atoms with Crippen LogP contribution < -0.4 is 10.6 Å². The minimum atomic E-state index is 0.0144. The third-order valence-corrected chi connectivity index (χ3v) is 3.91. The molecule has 21 heavy (non-hydrogen) atoms. The molecule has 0 radical (unpaired) electrons. The average molecular weight is 343 g/mol. The van der Waals surface area contributed by atoms with E-state index in [2.05, 4.69) is 15.7 Å². The first kappa shape index (κ1) is 16.1. The van der Waals surface area contributed by atoms with Gasteiger partial charge in [-0.25, -0.2) is 0 Å². The van der Waals surface area contributed by atoms with Crippen molar-refractivity contribution in [1.82, 2.24) is 15.1 Å². The summed E-state index contributed by atoms with van der Waals surface area (Å²) in [5, 5.41) is 12.2. The fraction of sp³-hybridized carbons (Fsp3) is 0.286. The fourth-order valence-electron chi connectivity index (χ4n) is 1.80. The Morgan fingerprint density at radius 2 is 2.10 bits per heavy atom. The van der Waals surface area contributed by atoms with Crippen LogP contribution in [0.4, 0.5) is 5.69 Å². The Kier molecular flexibility index (Phi) is 5.45. The Morgan fingerprint density at radius 3 is 2.71 bits per heavy atom. The second-order valence-corrected chi connectivity index (χ2v) is 5.77. The van der Waals surface area contributed by atoms with E-state index in [1.165, 1.54) is 0 Å². The van der Waals surface area contributed by atoms with Crippen molar-refractivity contribution in [3.63, 3.8) is 0 Å². The number of thiocarbonyl (C=S) groups is 1. The topological polar surface area (TPSA) is 41.9 Å².